The molecule has 0 saturated carbocycles. The van der Waals surface area contributed by atoms with Crippen molar-refractivity contribution < 1.29 is 14.3 Å². The second-order valence-corrected chi connectivity index (χ2v) is 7.57. The molecule has 2 aromatic heterocycles. The number of imidazole rings is 1. The van der Waals surface area contributed by atoms with Crippen LogP contribution in [0.25, 0.3) is 16.2 Å². The highest BCUT2D eigenvalue weighted by atomic mass is 32.1. The molecule has 4 rings (SSSR count). The van der Waals surface area contributed by atoms with Crippen LogP contribution in [0.5, 0.6) is 0 Å². The minimum absolute atomic E-state index is 0.184. The smallest absolute Gasteiger partial charge is 0.269 e. The highest BCUT2D eigenvalue weighted by Crippen LogP contribution is 2.25. The minimum atomic E-state index is -0.335. The molecule has 1 fully saturated rings. The van der Waals surface area contributed by atoms with Gasteiger partial charge in [-0.1, -0.05) is 12.1 Å². The summed E-state index contributed by atoms with van der Waals surface area (Å²) < 4.78 is 15.7. The Hall–Kier alpha value is -2.29. The molecule has 3 aromatic rings. The van der Waals surface area contributed by atoms with E-state index in [4.69, 9.17) is 0 Å². The number of thiazole rings is 1. The molecule has 142 valence electrons. The number of fused-ring (bicyclic) bond motifs is 1. The zero-order valence-electron chi connectivity index (χ0n) is 14.8. The third kappa shape index (κ3) is 3.87. The standard InChI is InChI=1S/C19H21FN4O2S/c20-15-6-2-1-5-14(15)16-11-24-17(12-27-19(24)22-16)18(26)21-7-9-23-8-3-4-13(25)10-23/h1-2,5-6,11-13,25H,3-4,7-10H2,(H,21,26)/t13-/m0/s1. The normalized spacial score (nSPS) is 18.1. The van der Waals surface area contributed by atoms with Crippen LogP contribution in [0.4, 0.5) is 4.39 Å². The van der Waals surface area contributed by atoms with Gasteiger partial charge in [-0.3, -0.25) is 14.1 Å². The number of aliphatic hydroxyl groups is 1. The van der Waals surface area contributed by atoms with Crippen LogP contribution < -0.4 is 5.32 Å². The number of halogens is 1. The van der Waals surface area contributed by atoms with E-state index >= 15 is 0 Å². The Bertz CT molecular complexity index is 954. The first-order chi connectivity index (χ1) is 13.1. The zero-order chi connectivity index (χ0) is 18.8. The Morgan fingerprint density at radius 1 is 1.41 bits per heavy atom. The summed E-state index contributed by atoms with van der Waals surface area (Å²) in [6, 6.07) is 6.47. The summed E-state index contributed by atoms with van der Waals surface area (Å²) in [5.41, 5.74) is 1.42. The van der Waals surface area contributed by atoms with Gasteiger partial charge in [-0.2, -0.15) is 0 Å². The van der Waals surface area contributed by atoms with Gasteiger partial charge in [0.15, 0.2) is 4.96 Å². The van der Waals surface area contributed by atoms with Gasteiger partial charge < -0.3 is 10.4 Å². The number of aliphatic hydroxyl groups excluding tert-OH is 1. The molecule has 6 nitrogen and oxygen atoms in total. The van der Waals surface area contributed by atoms with Crippen LogP contribution in [-0.4, -0.2) is 57.6 Å². The summed E-state index contributed by atoms with van der Waals surface area (Å²) in [4.78, 5) is 19.8. The summed E-state index contributed by atoms with van der Waals surface area (Å²) in [7, 11) is 0. The lowest BCUT2D eigenvalue weighted by Crippen LogP contribution is -2.42. The minimum Gasteiger partial charge on any atom is -0.392 e. The van der Waals surface area contributed by atoms with Gasteiger partial charge in [0.25, 0.3) is 5.91 Å². The molecule has 1 amide bonds. The topological polar surface area (TPSA) is 69.9 Å². The maximum absolute atomic E-state index is 14.0. The lowest BCUT2D eigenvalue weighted by atomic mass is 10.1. The van der Waals surface area contributed by atoms with E-state index in [0.717, 1.165) is 19.4 Å². The number of amides is 1. The van der Waals surface area contributed by atoms with Crippen molar-refractivity contribution >= 4 is 22.2 Å². The van der Waals surface area contributed by atoms with Crippen LogP contribution in [0.3, 0.4) is 0 Å². The molecule has 27 heavy (non-hydrogen) atoms. The molecule has 0 radical (unpaired) electrons. The summed E-state index contributed by atoms with van der Waals surface area (Å²) in [6.45, 7) is 2.83. The molecular formula is C19H21FN4O2S. The van der Waals surface area contributed by atoms with E-state index in [0.29, 0.717) is 41.5 Å². The molecule has 8 heteroatoms. The molecule has 1 aromatic carbocycles. The quantitative estimate of drug-likeness (QED) is 0.704. The van der Waals surface area contributed by atoms with Crippen molar-refractivity contribution in [2.24, 2.45) is 0 Å². The monoisotopic (exact) mass is 388 g/mol. The molecular weight excluding hydrogens is 367 g/mol. The summed E-state index contributed by atoms with van der Waals surface area (Å²) in [5.74, 6) is -0.519. The van der Waals surface area contributed by atoms with Gasteiger partial charge in [0.2, 0.25) is 0 Å². The predicted molar refractivity (Wildman–Crippen MR) is 102 cm³/mol. The van der Waals surface area contributed by atoms with E-state index in [2.05, 4.69) is 15.2 Å². The van der Waals surface area contributed by atoms with Gasteiger partial charge in [0.1, 0.15) is 11.5 Å². The third-order valence-electron chi connectivity index (χ3n) is 4.79. The number of piperidine rings is 1. The van der Waals surface area contributed by atoms with Crippen molar-refractivity contribution in [1.82, 2.24) is 19.6 Å². The van der Waals surface area contributed by atoms with E-state index in [1.54, 1.807) is 34.2 Å². The average Bonchev–Trinajstić information content (AvgIpc) is 3.22. The molecule has 1 aliphatic rings. The van der Waals surface area contributed by atoms with Crippen molar-refractivity contribution in [2.45, 2.75) is 18.9 Å². The van der Waals surface area contributed by atoms with E-state index in [9.17, 15) is 14.3 Å². The van der Waals surface area contributed by atoms with Crippen LogP contribution in [-0.2, 0) is 0 Å². The molecule has 0 unspecified atom stereocenters. The van der Waals surface area contributed by atoms with Crippen molar-refractivity contribution in [3.8, 4) is 11.3 Å². The third-order valence-corrected chi connectivity index (χ3v) is 5.63. The fraction of sp³-hybridized carbons (Fsp3) is 0.368. The highest BCUT2D eigenvalue weighted by Gasteiger charge is 2.19. The largest absolute Gasteiger partial charge is 0.392 e. The van der Waals surface area contributed by atoms with Crippen molar-refractivity contribution in [2.75, 3.05) is 26.2 Å². The summed E-state index contributed by atoms with van der Waals surface area (Å²) >= 11 is 1.35. The molecule has 0 aliphatic carbocycles. The average molecular weight is 388 g/mol. The fourth-order valence-electron chi connectivity index (χ4n) is 3.40. The number of nitrogens with zero attached hydrogens (tertiary/aromatic N) is 3. The van der Waals surface area contributed by atoms with Crippen molar-refractivity contribution in [3.63, 3.8) is 0 Å². The molecule has 1 aliphatic heterocycles. The fourth-order valence-corrected chi connectivity index (χ4v) is 4.25. The Morgan fingerprint density at radius 2 is 2.26 bits per heavy atom. The second kappa shape index (κ2) is 7.75. The Labute approximate surface area is 160 Å². The van der Waals surface area contributed by atoms with Crippen LogP contribution in [0.1, 0.15) is 23.3 Å². The van der Waals surface area contributed by atoms with Crippen molar-refractivity contribution in [3.05, 3.63) is 47.4 Å². The number of carbonyl (C=O) groups is 1. The van der Waals surface area contributed by atoms with Crippen LogP contribution in [0.15, 0.2) is 35.8 Å². The lowest BCUT2D eigenvalue weighted by molar-refractivity contribution is 0.0702. The number of β-amino-alcohol motifs (C(OH)–C–C–N with tert-alkyl or cyclic N) is 1. The van der Waals surface area contributed by atoms with Crippen LogP contribution >= 0.6 is 11.3 Å². The Kier molecular flexibility index (Phi) is 5.20. The van der Waals surface area contributed by atoms with Gasteiger partial charge >= 0.3 is 0 Å². The maximum atomic E-state index is 14.0. The lowest BCUT2D eigenvalue weighted by Gasteiger charge is -2.29. The molecule has 1 atom stereocenters. The number of likely N-dealkylation sites (tertiary alicyclic amines) is 1. The number of nitrogens with one attached hydrogen (secondary N) is 1. The Balaban J connectivity index is 1.44. The molecule has 3 heterocycles. The number of hydrogen-bond acceptors (Lipinski definition) is 5. The van der Waals surface area contributed by atoms with E-state index in [1.165, 1.54) is 17.4 Å². The van der Waals surface area contributed by atoms with Gasteiger partial charge in [0.05, 0.1) is 11.8 Å². The SMILES string of the molecule is O=C(NCCN1CCC[C@H](O)C1)c1csc2nc(-c3ccccc3F)cn12. The molecule has 0 spiro atoms. The molecule has 0 bridgehead atoms. The van der Waals surface area contributed by atoms with E-state index < -0.39 is 0 Å². The van der Waals surface area contributed by atoms with Crippen LogP contribution in [0.2, 0.25) is 0 Å². The van der Waals surface area contributed by atoms with E-state index in [-0.39, 0.29) is 17.8 Å². The zero-order valence-corrected chi connectivity index (χ0v) is 15.6. The predicted octanol–water partition coefficient (Wildman–Crippen LogP) is 2.39. The van der Waals surface area contributed by atoms with Crippen molar-refractivity contribution in [1.29, 1.82) is 0 Å². The summed E-state index contributed by atoms with van der Waals surface area (Å²) in [6.07, 6.45) is 3.25. The van der Waals surface area contributed by atoms with Gasteiger partial charge in [0, 0.05) is 36.8 Å². The number of rotatable bonds is 5. The first-order valence-corrected chi connectivity index (χ1v) is 9.90. The second-order valence-electron chi connectivity index (χ2n) is 6.73. The first kappa shape index (κ1) is 18.1. The molecule has 2 N–H and O–H groups in total. The van der Waals surface area contributed by atoms with Gasteiger partial charge in [-0.25, -0.2) is 9.37 Å². The number of benzene rings is 1. The van der Waals surface area contributed by atoms with E-state index in [1.807, 2.05) is 0 Å². The first-order valence-electron chi connectivity index (χ1n) is 9.02. The van der Waals surface area contributed by atoms with Crippen LogP contribution in [0, 0.1) is 5.82 Å². The molecule has 1 saturated heterocycles. The Morgan fingerprint density at radius 3 is 3.07 bits per heavy atom. The maximum Gasteiger partial charge on any atom is 0.269 e. The number of hydrogen-bond donors (Lipinski definition) is 2. The number of carbonyl (C=O) groups excluding carboxylic acids is 1. The van der Waals surface area contributed by atoms with Gasteiger partial charge in [-0.05, 0) is 31.5 Å². The summed E-state index contributed by atoms with van der Waals surface area (Å²) in [5, 5.41) is 14.4. The van der Waals surface area contributed by atoms with Gasteiger partial charge in [-0.15, -0.1) is 11.3 Å². The highest BCUT2D eigenvalue weighted by molar-refractivity contribution is 7.15. The number of aromatic nitrogens is 2.